The normalized spacial score (nSPS) is 14.5. The fourth-order valence-corrected chi connectivity index (χ4v) is 0.0833. The zero-order valence-electron chi connectivity index (χ0n) is 4.07. The summed E-state index contributed by atoms with van der Waals surface area (Å²) in [6.07, 6.45) is 0. The molecule has 6 heavy (non-hydrogen) atoms. The number of nitrogens with one attached hydrogen (secondary N) is 1. The third kappa shape index (κ3) is 2.18. The van der Waals surface area contributed by atoms with Gasteiger partial charge in [-0.05, 0) is 6.92 Å². The summed E-state index contributed by atoms with van der Waals surface area (Å²) in [4.78, 5) is 0. The molecule has 0 aliphatic heterocycles. The lowest BCUT2D eigenvalue weighted by Crippen LogP contribution is -2.28. The van der Waals surface area contributed by atoms with Crippen molar-refractivity contribution in [3.63, 3.8) is 0 Å². The van der Waals surface area contributed by atoms with Crippen LogP contribution in [0, 0.1) is 7.05 Å². The summed E-state index contributed by atoms with van der Waals surface area (Å²) in [6, 6.07) is 0.352. The SMILES string of the molecule is [CH2]NC(C)CN. The highest BCUT2D eigenvalue weighted by molar-refractivity contribution is 4.56. The van der Waals surface area contributed by atoms with Crippen LogP contribution in [0.25, 0.3) is 0 Å². The molecule has 0 amide bonds. The number of rotatable bonds is 2. The van der Waals surface area contributed by atoms with E-state index >= 15 is 0 Å². The van der Waals surface area contributed by atoms with Gasteiger partial charge in [0, 0.05) is 19.6 Å². The molecule has 1 unspecified atom stereocenters. The van der Waals surface area contributed by atoms with Crippen LogP contribution in [0.2, 0.25) is 0 Å². The van der Waals surface area contributed by atoms with Crippen molar-refractivity contribution < 1.29 is 0 Å². The average molecular weight is 87.1 g/mol. The molecule has 0 heterocycles. The predicted molar refractivity (Wildman–Crippen MR) is 27.0 cm³/mol. The van der Waals surface area contributed by atoms with Gasteiger partial charge in [-0.2, -0.15) is 0 Å². The van der Waals surface area contributed by atoms with Crippen LogP contribution < -0.4 is 11.1 Å². The number of nitrogens with two attached hydrogens (primary N) is 1. The van der Waals surface area contributed by atoms with Crippen molar-refractivity contribution in [2.75, 3.05) is 6.54 Å². The Hall–Kier alpha value is -0.0800. The molecule has 1 radical (unpaired) electrons. The first-order valence-corrected chi connectivity index (χ1v) is 2.04. The molecule has 0 bridgehead atoms. The molecule has 0 aliphatic rings. The number of hydrogen-bond donors (Lipinski definition) is 2. The van der Waals surface area contributed by atoms with Gasteiger partial charge in [-0.25, -0.2) is 0 Å². The Bertz CT molecular complexity index is 24.7. The predicted octanol–water partition coefficient (Wildman–Crippen LogP) is -0.285. The van der Waals surface area contributed by atoms with Crippen molar-refractivity contribution in [2.45, 2.75) is 13.0 Å². The highest BCUT2D eigenvalue weighted by Gasteiger charge is 1.87. The van der Waals surface area contributed by atoms with Gasteiger partial charge in [0.1, 0.15) is 0 Å². The van der Waals surface area contributed by atoms with E-state index in [1.165, 1.54) is 0 Å². The molecule has 0 aromatic carbocycles. The zero-order valence-corrected chi connectivity index (χ0v) is 4.07. The second-order valence-corrected chi connectivity index (χ2v) is 1.34. The Balaban J connectivity index is 2.75. The number of hydrogen-bond acceptors (Lipinski definition) is 2. The maximum atomic E-state index is 5.18. The maximum absolute atomic E-state index is 5.18. The first kappa shape index (κ1) is 5.92. The lowest BCUT2D eigenvalue weighted by molar-refractivity contribution is 0.647. The van der Waals surface area contributed by atoms with E-state index in [0.29, 0.717) is 12.6 Å². The van der Waals surface area contributed by atoms with E-state index in [9.17, 15) is 0 Å². The van der Waals surface area contributed by atoms with E-state index in [1.54, 1.807) is 0 Å². The molecule has 2 heteroatoms. The van der Waals surface area contributed by atoms with Gasteiger partial charge in [0.25, 0.3) is 0 Å². The summed E-state index contributed by atoms with van der Waals surface area (Å²) >= 11 is 0. The summed E-state index contributed by atoms with van der Waals surface area (Å²) in [7, 11) is 3.43. The summed E-state index contributed by atoms with van der Waals surface area (Å²) in [5, 5.41) is 2.74. The molecular formula is C4H11N2. The molecular weight excluding hydrogens is 76.1 g/mol. The minimum absolute atomic E-state index is 0.352. The van der Waals surface area contributed by atoms with Gasteiger partial charge >= 0.3 is 0 Å². The summed E-state index contributed by atoms with van der Waals surface area (Å²) in [5.41, 5.74) is 5.18. The van der Waals surface area contributed by atoms with Crippen LogP contribution in [0.4, 0.5) is 0 Å². The molecule has 0 aromatic heterocycles. The first-order chi connectivity index (χ1) is 2.81. The van der Waals surface area contributed by atoms with Gasteiger partial charge in [0.2, 0.25) is 0 Å². The average Bonchev–Trinajstić information content (AvgIpc) is 1.65. The second kappa shape index (κ2) is 3.12. The van der Waals surface area contributed by atoms with Crippen LogP contribution >= 0.6 is 0 Å². The highest BCUT2D eigenvalue weighted by Crippen LogP contribution is 1.68. The summed E-state index contributed by atoms with van der Waals surface area (Å²) < 4.78 is 0. The third-order valence-electron chi connectivity index (χ3n) is 0.702. The molecule has 1 atom stereocenters. The van der Waals surface area contributed by atoms with Gasteiger partial charge < -0.3 is 11.1 Å². The van der Waals surface area contributed by atoms with Gasteiger partial charge in [-0.3, -0.25) is 0 Å². The third-order valence-corrected chi connectivity index (χ3v) is 0.702. The van der Waals surface area contributed by atoms with Crippen molar-refractivity contribution in [3.8, 4) is 0 Å². The summed E-state index contributed by atoms with van der Waals surface area (Å²) in [6.45, 7) is 2.64. The van der Waals surface area contributed by atoms with E-state index in [4.69, 9.17) is 5.73 Å². The Morgan fingerprint density at radius 1 is 2.00 bits per heavy atom. The van der Waals surface area contributed by atoms with E-state index < -0.39 is 0 Å². The fourth-order valence-electron chi connectivity index (χ4n) is 0.0833. The van der Waals surface area contributed by atoms with Gasteiger partial charge in [-0.15, -0.1) is 0 Å². The van der Waals surface area contributed by atoms with E-state index in [1.807, 2.05) is 6.92 Å². The van der Waals surface area contributed by atoms with Crippen LogP contribution in [-0.2, 0) is 0 Å². The lowest BCUT2D eigenvalue weighted by Gasteiger charge is -2.02. The standard InChI is InChI=1S/C4H11N2/c1-4(3-5)6-2/h4,6H,2-3,5H2,1H3. The van der Waals surface area contributed by atoms with E-state index in [-0.39, 0.29) is 0 Å². The van der Waals surface area contributed by atoms with Crippen molar-refractivity contribution in [1.29, 1.82) is 0 Å². The van der Waals surface area contributed by atoms with Crippen LogP contribution in [0.3, 0.4) is 0 Å². The summed E-state index contributed by atoms with van der Waals surface area (Å²) in [5.74, 6) is 0. The molecule has 37 valence electrons. The molecule has 0 rings (SSSR count). The molecule has 0 aliphatic carbocycles. The smallest absolute Gasteiger partial charge is 0.0162 e. The zero-order chi connectivity index (χ0) is 4.99. The Morgan fingerprint density at radius 3 is 2.50 bits per heavy atom. The Kier molecular flexibility index (Phi) is 3.08. The van der Waals surface area contributed by atoms with E-state index in [0.717, 1.165) is 0 Å². The largest absolute Gasteiger partial charge is 0.329 e. The molecule has 0 aromatic rings. The second-order valence-electron chi connectivity index (χ2n) is 1.34. The van der Waals surface area contributed by atoms with Crippen LogP contribution in [0.15, 0.2) is 0 Å². The molecule has 2 nitrogen and oxygen atoms in total. The minimum Gasteiger partial charge on any atom is -0.329 e. The van der Waals surface area contributed by atoms with Gasteiger partial charge in [-0.1, -0.05) is 0 Å². The van der Waals surface area contributed by atoms with E-state index in [2.05, 4.69) is 12.4 Å². The molecule has 0 spiro atoms. The Labute approximate surface area is 38.7 Å². The molecule has 0 saturated heterocycles. The van der Waals surface area contributed by atoms with Crippen molar-refractivity contribution in [3.05, 3.63) is 7.05 Å². The topological polar surface area (TPSA) is 38.0 Å². The monoisotopic (exact) mass is 87.1 g/mol. The van der Waals surface area contributed by atoms with Crippen molar-refractivity contribution in [2.24, 2.45) is 5.73 Å². The van der Waals surface area contributed by atoms with Crippen molar-refractivity contribution >= 4 is 0 Å². The van der Waals surface area contributed by atoms with Gasteiger partial charge in [0.05, 0.1) is 0 Å². The van der Waals surface area contributed by atoms with Crippen LogP contribution in [-0.4, -0.2) is 12.6 Å². The molecule has 0 fully saturated rings. The van der Waals surface area contributed by atoms with Crippen LogP contribution in [0.5, 0.6) is 0 Å². The fraction of sp³-hybridized carbons (Fsp3) is 0.750. The van der Waals surface area contributed by atoms with Crippen LogP contribution in [0.1, 0.15) is 6.92 Å². The molecule has 0 saturated carbocycles. The molecule has 3 N–H and O–H groups in total. The maximum Gasteiger partial charge on any atom is 0.0162 e. The Morgan fingerprint density at radius 2 is 2.50 bits per heavy atom. The van der Waals surface area contributed by atoms with Gasteiger partial charge in [0.15, 0.2) is 0 Å². The van der Waals surface area contributed by atoms with Crippen molar-refractivity contribution in [1.82, 2.24) is 5.32 Å². The first-order valence-electron chi connectivity index (χ1n) is 2.04. The quantitative estimate of drug-likeness (QED) is 0.486. The lowest BCUT2D eigenvalue weighted by atomic mass is 10.4. The minimum atomic E-state index is 0.352. The highest BCUT2D eigenvalue weighted by atomic mass is 14.9.